The first-order valence-corrected chi connectivity index (χ1v) is 7.49. The number of nitrogens with zero attached hydrogens (tertiary/aromatic N) is 3. The Morgan fingerprint density at radius 2 is 1.90 bits per heavy atom. The van der Waals surface area contributed by atoms with Gasteiger partial charge in [0.1, 0.15) is 6.33 Å². The van der Waals surface area contributed by atoms with Gasteiger partial charge in [-0.25, -0.2) is 0 Å². The number of rotatable bonds is 3. The summed E-state index contributed by atoms with van der Waals surface area (Å²) in [6, 6.07) is 8.70. The predicted octanol–water partition coefficient (Wildman–Crippen LogP) is 2.85. The maximum Gasteiger partial charge on any atom is 0.165 e. The lowest BCUT2D eigenvalue weighted by molar-refractivity contribution is -0.0337. The standard InChI is InChI=1S/C16H22N4O/c1-11-8-13(9-12(2)21-11)18-15-7-5-4-6-14(15)16-19-17-10-20(16)3/h4-7,10-13,18H,8-9H2,1-3H3. The molecule has 0 saturated carbocycles. The second kappa shape index (κ2) is 5.85. The molecule has 21 heavy (non-hydrogen) atoms. The normalized spacial score (nSPS) is 25.8. The number of ether oxygens (including phenoxy) is 1. The van der Waals surface area contributed by atoms with Crippen molar-refractivity contribution in [3.63, 3.8) is 0 Å². The molecule has 2 heterocycles. The van der Waals surface area contributed by atoms with Crippen molar-refractivity contribution in [3.05, 3.63) is 30.6 Å². The van der Waals surface area contributed by atoms with Gasteiger partial charge in [0.15, 0.2) is 5.82 Å². The van der Waals surface area contributed by atoms with E-state index in [4.69, 9.17) is 4.74 Å². The minimum absolute atomic E-state index is 0.299. The summed E-state index contributed by atoms with van der Waals surface area (Å²) in [7, 11) is 1.96. The fourth-order valence-electron chi connectivity index (χ4n) is 3.07. The van der Waals surface area contributed by atoms with Crippen molar-refractivity contribution in [1.82, 2.24) is 14.8 Å². The van der Waals surface area contributed by atoms with Gasteiger partial charge in [-0.05, 0) is 38.8 Å². The highest BCUT2D eigenvalue weighted by atomic mass is 16.5. The van der Waals surface area contributed by atoms with E-state index >= 15 is 0 Å². The van der Waals surface area contributed by atoms with Crippen LogP contribution in [0.4, 0.5) is 5.69 Å². The molecule has 0 amide bonds. The van der Waals surface area contributed by atoms with Crippen LogP contribution in [0.2, 0.25) is 0 Å². The van der Waals surface area contributed by atoms with Gasteiger partial charge in [-0.1, -0.05) is 12.1 Å². The Kier molecular flexibility index (Phi) is 3.92. The average molecular weight is 286 g/mol. The Balaban J connectivity index is 1.85. The highest BCUT2D eigenvalue weighted by molar-refractivity contribution is 5.73. The molecule has 1 aromatic carbocycles. The monoisotopic (exact) mass is 286 g/mol. The summed E-state index contributed by atoms with van der Waals surface area (Å²) in [5.41, 5.74) is 2.20. The van der Waals surface area contributed by atoms with Crippen LogP contribution in [-0.4, -0.2) is 33.0 Å². The van der Waals surface area contributed by atoms with Crippen molar-refractivity contribution in [2.75, 3.05) is 5.32 Å². The first kappa shape index (κ1) is 14.1. The molecule has 1 saturated heterocycles. The summed E-state index contributed by atoms with van der Waals surface area (Å²) in [4.78, 5) is 0. The number of aryl methyl sites for hydroxylation is 1. The maximum absolute atomic E-state index is 5.81. The third kappa shape index (κ3) is 3.08. The molecule has 2 unspecified atom stereocenters. The number of benzene rings is 1. The Bertz CT molecular complexity index is 600. The molecule has 112 valence electrons. The van der Waals surface area contributed by atoms with E-state index < -0.39 is 0 Å². The molecular weight excluding hydrogens is 264 g/mol. The molecule has 1 aliphatic rings. The number of anilines is 1. The van der Waals surface area contributed by atoms with Gasteiger partial charge < -0.3 is 14.6 Å². The van der Waals surface area contributed by atoms with Gasteiger partial charge >= 0.3 is 0 Å². The minimum Gasteiger partial charge on any atom is -0.382 e. The smallest absolute Gasteiger partial charge is 0.165 e. The number of aromatic nitrogens is 3. The number of para-hydroxylation sites is 1. The predicted molar refractivity (Wildman–Crippen MR) is 83.1 cm³/mol. The van der Waals surface area contributed by atoms with E-state index in [1.165, 1.54) is 0 Å². The Hall–Kier alpha value is -1.88. The summed E-state index contributed by atoms with van der Waals surface area (Å²) >= 11 is 0. The van der Waals surface area contributed by atoms with E-state index in [2.05, 4.69) is 41.5 Å². The van der Waals surface area contributed by atoms with E-state index in [-0.39, 0.29) is 0 Å². The van der Waals surface area contributed by atoms with Crippen molar-refractivity contribution >= 4 is 5.69 Å². The molecule has 2 aromatic rings. The molecular formula is C16H22N4O. The Morgan fingerprint density at radius 1 is 1.19 bits per heavy atom. The van der Waals surface area contributed by atoms with E-state index in [1.54, 1.807) is 6.33 Å². The SMILES string of the molecule is CC1CC(Nc2ccccc2-c2nncn2C)CC(C)O1. The largest absolute Gasteiger partial charge is 0.382 e. The molecule has 0 aliphatic carbocycles. The van der Waals surface area contributed by atoms with Gasteiger partial charge in [-0.15, -0.1) is 10.2 Å². The number of nitrogens with one attached hydrogen (secondary N) is 1. The molecule has 5 nitrogen and oxygen atoms in total. The van der Waals surface area contributed by atoms with Crippen molar-refractivity contribution < 1.29 is 4.74 Å². The van der Waals surface area contributed by atoms with Crippen LogP contribution >= 0.6 is 0 Å². The van der Waals surface area contributed by atoms with Crippen molar-refractivity contribution in [2.45, 2.75) is 44.9 Å². The summed E-state index contributed by atoms with van der Waals surface area (Å²) < 4.78 is 7.75. The van der Waals surface area contributed by atoms with Gasteiger partial charge in [0.05, 0.1) is 12.2 Å². The van der Waals surface area contributed by atoms with E-state index in [0.717, 1.165) is 29.9 Å². The van der Waals surface area contributed by atoms with Crippen LogP contribution < -0.4 is 5.32 Å². The third-order valence-corrected chi connectivity index (χ3v) is 3.94. The summed E-state index contributed by atoms with van der Waals surface area (Å²) in [6.45, 7) is 4.28. The quantitative estimate of drug-likeness (QED) is 0.942. The molecule has 1 aliphatic heterocycles. The lowest BCUT2D eigenvalue weighted by atomic mass is 9.99. The van der Waals surface area contributed by atoms with Gasteiger partial charge in [0.25, 0.3) is 0 Å². The first-order valence-electron chi connectivity index (χ1n) is 7.49. The van der Waals surface area contributed by atoms with E-state index in [1.807, 2.05) is 23.7 Å². The fourth-order valence-corrected chi connectivity index (χ4v) is 3.07. The molecule has 1 aromatic heterocycles. The number of hydrogen-bond donors (Lipinski definition) is 1. The molecule has 0 radical (unpaired) electrons. The molecule has 1 fully saturated rings. The van der Waals surface area contributed by atoms with Crippen LogP contribution in [-0.2, 0) is 11.8 Å². The highest BCUT2D eigenvalue weighted by Gasteiger charge is 2.25. The van der Waals surface area contributed by atoms with Gasteiger partial charge in [-0.2, -0.15) is 0 Å². The van der Waals surface area contributed by atoms with Crippen LogP contribution in [0.1, 0.15) is 26.7 Å². The topological polar surface area (TPSA) is 52.0 Å². The molecule has 3 rings (SSSR count). The maximum atomic E-state index is 5.81. The van der Waals surface area contributed by atoms with E-state index in [9.17, 15) is 0 Å². The molecule has 5 heteroatoms. The van der Waals surface area contributed by atoms with Gasteiger partial charge in [-0.3, -0.25) is 0 Å². The summed E-state index contributed by atoms with van der Waals surface area (Å²) in [5.74, 6) is 0.881. The first-order chi connectivity index (χ1) is 10.1. The third-order valence-electron chi connectivity index (χ3n) is 3.94. The highest BCUT2D eigenvalue weighted by Crippen LogP contribution is 2.29. The summed E-state index contributed by atoms with van der Waals surface area (Å²) in [5, 5.41) is 11.9. The second-order valence-corrected chi connectivity index (χ2v) is 5.88. The minimum atomic E-state index is 0.299. The Morgan fingerprint density at radius 3 is 2.57 bits per heavy atom. The average Bonchev–Trinajstić information content (AvgIpc) is 2.84. The van der Waals surface area contributed by atoms with Crippen molar-refractivity contribution in [2.24, 2.45) is 7.05 Å². The van der Waals surface area contributed by atoms with Gasteiger partial charge in [0, 0.05) is 24.3 Å². The number of hydrogen-bond acceptors (Lipinski definition) is 4. The van der Waals surface area contributed by atoms with Crippen LogP contribution in [0.5, 0.6) is 0 Å². The van der Waals surface area contributed by atoms with Crippen LogP contribution in [0.3, 0.4) is 0 Å². The molecule has 2 atom stereocenters. The molecule has 1 N–H and O–H groups in total. The Labute approximate surface area is 125 Å². The van der Waals surface area contributed by atoms with E-state index in [0.29, 0.717) is 18.2 Å². The fraction of sp³-hybridized carbons (Fsp3) is 0.500. The van der Waals surface area contributed by atoms with Crippen LogP contribution in [0.15, 0.2) is 30.6 Å². The zero-order valence-electron chi connectivity index (χ0n) is 12.8. The second-order valence-electron chi connectivity index (χ2n) is 5.88. The lowest BCUT2D eigenvalue weighted by Crippen LogP contribution is -2.37. The summed E-state index contributed by atoms with van der Waals surface area (Å²) in [6.07, 6.45) is 4.38. The van der Waals surface area contributed by atoms with Crippen LogP contribution in [0.25, 0.3) is 11.4 Å². The zero-order chi connectivity index (χ0) is 14.8. The molecule has 0 spiro atoms. The zero-order valence-corrected chi connectivity index (χ0v) is 12.8. The van der Waals surface area contributed by atoms with Gasteiger partial charge in [0.2, 0.25) is 0 Å². The lowest BCUT2D eigenvalue weighted by Gasteiger charge is -2.33. The van der Waals surface area contributed by atoms with Crippen molar-refractivity contribution in [3.8, 4) is 11.4 Å². The van der Waals surface area contributed by atoms with Crippen LogP contribution in [0, 0.1) is 0 Å². The van der Waals surface area contributed by atoms with Crippen molar-refractivity contribution in [1.29, 1.82) is 0 Å². The molecule has 0 bridgehead atoms.